The SMILES string of the molecule is C=CCOc1ccccc1C(=O)C(C)c1c(C)cccc1OC(C)=O.CC. The minimum absolute atomic E-state index is 0.0950. The van der Waals surface area contributed by atoms with Gasteiger partial charge in [-0.05, 0) is 30.7 Å². The lowest BCUT2D eigenvalue weighted by Gasteiger charge is -2.19. The van der Waals surface area contributed by atoms with Crippen LogP contribution in [0, 0.1) is 6.92 Å². The van der Waals surface area contributed by atoms with E-state index in [0.717, 1.165) is 5.56 Å². The zero-order chi connectivity index (χ0) is 20.4. The van der Waals surface area contributed by atoms with Crippen molar-refractivity contribution in [3.8, 4) is 11.5 Å². The number of ether oxygens (including phenoxy) is 2. The maximum atomic E-state index is 13.1. The highest BCUT2D eigenvalue weighted by Gasteiger charge is 2.25. The first kappa shape index (κ1) is 22.2. The summed E-state index contributed by atoms with van der Waals surface area (Å²) in [5.74, 6) is -0.0627. The molecule has 0 fully saturated rings. The fraction of sp³-hybridized carbons (Fsp3) is 0.304. The summed E-state index contributed by atoms with van der Waals surface area (Å²) < 4.78 is 10.9. The Balaban J connectivity index is 0.00000176. The first-order valence-electron chi connectivity index (χ1n) is 9.10. The number of Topliss-reactive ketones (excluding diaryl/α,β-unsaturated/α-hetero) is 1. The monoisotopic (exact) mass is 368 g/mol. The molecule has 0 N–H and O–H groups in total. The predicted molar refractivity (Wildman–Crippen MR) is 109 cm³/mol. The Morgan fingerprint density at radius 2 is 1.70 bits per heavy atom. The second-order valence-corrected chi connectivity index (χ2v) is 5.76. The van der Waals surface area contributed by atoms with Crippen molar-refractivity contribution in [2.45, 2.75) is 40.5 Å². The molecule has 4 heteroatoms. The lowest BCUT2D eigenvalue weighted by Crippen LogP contribution is -2.15. The number of esters is 1. The van der Waals surface area contributed by atoms with Crippen molar-refractivity contribution >= 4 is 11.8 Å². The van der Waals surface area contributed by atoms with Crippen LogP contribution in [0.5, 0.6) is 11.5 Å². The Kier molecular flexibility index (Phi) is 9.00. The van der Waals surface area contributed by atoms with E-state index in [0.29, 0.717) is 29.2 Å². The van der Waals surface area contributed by atoms with Gasteiger partial charge >= 0.3 is 5.97 Å². The van der Waals surface area contributed by atoms with Gasteiger partial charge in [0, 0.05) is 18.4 Å². The van der Waals surface area contributed by atoms with Crippen molar-refractivity contribution < 1.29 is 19.1 Å². The molecule has 2 aromatic rings. The number of para-hydroxylation sites is 1. The minimum Gasteiger partial charge on any atom is -0.489 e. The highest BCUT2D eigenvalue weighted by atomic mass is 16.5. The van der Waals surface area contributed by atoms with E-state index in [9.17, 15) is 9.59 Å². The summed E-state index contributed by atoms with van der Waals surface area (Å²) in [5, 5.41) is 0. The maximum absolute atomic E-state index is 13.1. The third-order valence-electron chi connectivity index (χ3n) is 3.87. The van der Waals surface area contributed by atoms with Gasteiger partial charge in [-0.25, -0.2) is 0 Å². The summed E-state index contributed by atoms with van der Waals surface area (Å²) >= 11 is 0. The Bertz CT molecular complexity index is 793. The van der Waals surface area contributed by atoms with Crippen molar-refractivity contribution in [2.75, 3.05) is 6.61 Å². The summed E-state index contributed by atoms with van der Waals surface area (Å²) in [6.45, 7) is 13.0. The standard InChI is InChI=1S/C21H22O4.C2H6/c1-5-13-24-18-11-7-6-10-17(18)21(23)15(3)20-14(2)9-8-12-19(20)25-16(4)22;1-2/h5-12,15H,1,13H2,2-4H3;1-2H3. The number of rotatable bonds is 7. The van der Waals surface area contributed by atoms with E-state index in [-0.39, 0.29) is 5.78 Å². The molecule has 27 heavy (non-hydrogen) atoms. The first-order valence-corrected chi connectivity index (χ1v) is 9.10. The molecule has 0 saturated carbocycles. The van der Waals surface area contributed by atoms with E-state index in [1.807, 2.05) is 39.8 Å². The molecule has 0 spiro atoms. The van der Waals surface area contributed by atoms with Crippen molar-refractivity contribution in [2.24, 2.45) is 0 Å². The second-order valence-electron chi connectivity index (χ2n) is 5.76. The van der Waals surface area contributed by atoms with E-state index in [4.69, 9.17) is 9.47 Å². The summed E-state index contributed by atoms with van der Waals surface area (Å²) in [5.41, 5.74) is 2.10. The molecule has 0 aliphatic heterocycles. The molecule has 2 aromatic carbocycles. The summed E-state index contributed by atoms with van der Waals surface area (Å²) in [6, 6.07) is 12.5. The Morgan fingerprint density at radius 1 is 1.07 bits per heavy atom. The number of carbonyl (C=O) groups is 2. The summed E-state index contributed by atoms with van der Waals surface area (Å²) in [4.78, 5) is 24.4. The molecular formula is C23H28O4. The van der Waals surface area contributed by atoms with Gasteiger partial charge < -0.3 is 9.47 Å². The van der Waals surface area contributed by atoms with Crippen LogP contribution in [0.4, 0.5) is 0 Å². The number of carbonyl (C=O) groups excluding carboxylic acids is 2. The minimum atomic E-state index is -0.482. The average Bonchev–Trinajstić information content (AvgIpc) is 2.67. The lowest BCUT2D eigenvalue weighted by atomic mass is 9.88. The molecule has 0 amide bonds. The van der Waals surface area contributed by atoms with Gasteiger partial charge in [0.2, 0.25) is 0 Å². The van der Waals surface area contributed by atoms with Crippen molar-refractivity contribution in [1.82, 2.24) is 0 Å². The largest absolute Gasteiger partial charge is 0.489 e. The normalized spacial score (nSPS) is 10.9. The molecule has 2 rings (SSSR count). The van der Waals surface area contributed by atoms with Crippen LogP contribution in [0.3, 0.4) is 0 Å². The number of ketones is 1. The van der Waals surface area contributed by atoms with Crippen LogP contribution in [-0.4, -0.2) is 18.4 Å². The fourth-order valence-electron chi connectivity index (χ4n) is 2.76. The molecule has 0 aromatic heterocycles. The van der Waals surface area contributed by atoms with Crippen LogP contribution in [0.25, 0.3) is 0 Å². The molecule has 0 saturated heterocycles. The van der Waals surface area contributed by atoms with Crippen LogP contribution in [0.2, 0.25) is 0 Å². The number of benzene rings is 2. The van der Waals surface area contributed by atoms with Crippen LogP contribution >= 0.6 is 0 Å². The van der Waals surface area contributed by atoms with Gasteiger partial charge in [0.05, 0.1) is 5.56 Å². The highest BCUT2D eigenvalue weighted by Crippen LogP contribution is 2.34. The molecule has 0 aliphatic carbocycles. The van der Waals surface area contributed by atoms with Gasteiger partial charge in [-0.1, -0.05) is 57.7 Å². The Morgan fingerprint density at radius 3 is 2.33 bits per heavy atom. The van der Waals surface area contributed by atoms with E-state index in [1.165, 1.54) is 6.92 Å². The molecule has 144 valence electrons. The lowest BCUT2D eigenvalue weighted by molar-refractivity contribution is -0.131. The van der Waals surface area contributed by atoms with E-state index in [2.05, 4.69) is 6.58 Å². The van der Waals surface area contributed by atoms with Gasteiger partial charge in [-0.3, -0.25) is 9.59 Å². The Hall–Kier alpha value is -2.88. The molecule has 0 radical (unpaired) electrons. The van der Waals surface area contributed by atoms with Gasteiger partial charge in [-0.15, -0.1) is 0 Å². The van der Waals surface area contributed by atoms with Crippen molar-refractivity contribution in [3.05, 3.63) is 71.8 Å². The molecular weight excluding hydrogens is 340 g/mol. The van der Waals surface area contributed by atoms with E-state index >= 15 is 0 Å². The zero-order valence-corrected chi connectivity index (χ0v) is 16.7. The number of hydrogen-bond acceptors (Lipinski definition) is 4. The molecule has 0 aliphatic rings. The molecule has 0 bridgehead atoms. The predicted octanol–water partition coefficient (Wildman–Crippen LogP) is 5.50. The number of aryl methyl sites for hydroxylation is 1. The Labute approximate surface area is 161 Å². The number of hydrogen-bond donors (Lipinski definition) is 0. The van der Waals surface area contributed by atoms with Crippen molar-refractivity contribution in [1.29, 1.82) is 0 Å². The van der Waals surface area contributed by atoms with Crippen LogP contribution < -0.4 is 9.47 Å². The highest BCUT2D eigenvalue weighted by molar-refractivity contribution is 6.03. The molecule has 0 heterocycles. The first-order chi connectivity index (χ1) is 13.0. The van der Waals surface area contributed by atoms with Gasteiger partial charge in [0.15, 0.2) is 5.78 Å². The smallest absolute Gasteiger partial charge is 0.308 e. The van der Waals surface area contributed by atoms with E-state index < -0.39 is 11.9 Å². The van der Waals surface area contributed by atoms with Crippen LogP contribution in [-0.2, 0) is 4.79 Å². The molecule has 1 unspecified atom stereocenters. The third-order valence-corrected chi connectivity index (χ3v) is 3.87. The van der Waals surface area contributed by atoms with E-state index in [1.54, 1.807) is 36.4 Å². The maximum Gasteiger partial charge on any atom is 0.308 e. The van der Waals surface area contributed by atoms with Gasteiger partial charge in [0.25, 0.3) is 0 Å². The molecule has 1 atom stereocenters. The van der Waals surface area contributed by atoms with Crippen molar-refractivity contribution in [3.63, 3.8) is 0 Å². The zero-order valence-electron chi connectivity index (χ0n) is 16.7. The quantitative estimate of drug-likeness (QED) is 0.280. The van der Waals surface area contributed by atoms with Gasteiger partial charge in [0.1, 0.15) is 18.1 Å². The van der Waals surface area contributed by atoms with Gasteiger partial charge in [-0.2, -0.15) is 0 Å². The second kappa shape index (κ2) is 11.0. The summed E-state index contributed by atoms with van der Waals surface area (Å²) in [6.07, 6.45) is 1.63. The third kappa shape index (κ3) is 5.81. The average molecular weight is 368 g/mol. The molecule has 4 nitrogen and oxygen atoms in total. The van der Waals surface area contributed by atoms with Crippen LogP contribution in [0.15, 0.2) is 55.1 Å². The summed E-state index contributed by atoms with van der Waals surface area (Å²) in [7, 11) is 0. The van der Waals surface area contributed by atoms with Crippen LogP contribution in [0.1, 0.15) is 55.1 Å². The topological polar surface area (TPSA) is 52.6 Å². The fourth-order valence-corrected chi connectivity index (χ4v) is 2.76.